The molecule has 0 radical (unpaired) electrons. The van der Waals surface area contributed by atoms with Gasteiger partial charge in [0, 0.05) is 6.42 Å². The molecule has 0 atom stereocenters. The lowest BCUT2D eigenvalue weighted by molar-refractivity contribution is 1.03. The molecule has 0 saturated heterocycles. The van der Waals surface area contributed by atoms with E-state index in [9.17, 15) is 4.79 Å². The third-order valence-electron chi connectivity index (χ3n) is 3.37. The fraction of sp³-hybridized carbons (Fsp3) is 0.214. The second kappa shape index (κ2) is 4.48. The molecule has 0 bridgehead atoms. The van der Waals surface area contributed by atoms with Crippen molar-refractivity contribution in [2.75, 3.05) is 5.73 Å². The molecule has 0 saturated carbocycles. The number of nitrogens with one attached hydrogen (secondary N) is 2. The topological polar surface area (TPSA) is 100 Å². The summed E-state index contributed by atoms with van der Waals surface area (Å²) >= 11 is 0. The lowest BCUT2D eigenvalue weighted by atomic mass is 10.0. The first kappa shape index (κ1) is 12.4. The van der Waals surface area contributed by atoms with Crippen LogP contribution in [0.3, 0.4) is 0 Å². The van der Waals surface area contributed by atoms with Crippen LogP contribution in [0.15, 0.2) is 23.0 Å². The molecule has 6 nitrogen and oxygen atoms in total. The van der Waals surface area contributed by atoms with E-state index in [4.69, 9.17) is 5.73 Å². The summed E-state index contributed by atoms with van der Waals surface area (Å²) in [6.45, 7) is 4.15. The molecule has 2 heterocycles. The molecule has 20 heavy (non-hydrogen) atoms. The lowest BCUT2D eigenvalue weighted by Crippen LogP contribution is -2.10. The predicted octanol–water partition coefficient (Wildman–Crippen LogP) is 1.44. The van der Waals surface area contributed by atoms with E-state index in [-0.39, 0.29) is 11.5 Å². The monoisotopic (exact) mass is 269 g/mol. The molecule has 3 rings (SSSR count). The van der Waals surface area contributed by atoms with E-state index in [0.29, 0.717) is 23.4 Å². The quantitative estimate of drug-likeness (QED) is 0.655. The first-order valence-corrected chi connectivity index (χ1v) is 6.33. The Morgan fingerprint density at radius 1 is 1.15 bits per heavy atom. The zero-order chi connectivity index (χ0) is 14.3. The number of fused-ring (bicyclic) bond motifs is 1. The van der Waals surface area contributed by atoms with Gasteiger partial charge >= 0.3 is 0 Å². The maximum absolute atomic E-state index is 11.7. The van der Waals surface area contributed by atoms with E-state index in [1.807, 2.05) is 0 Å². The molecule has 6 heteroatoms. The van der Waals surface area contributed by atoms with Gasteiger partial charge in [-0.15, -0.1) is 0 Å². The first-order chi connectivity index (χ1) is 9.52. The van der Waals surface area contributed by atoms with Crippen LogP contribution in [0.4, 0.5) is 5.95 Å². The molecule has 0 amide bonds. The molecule has 102 valence electrons. The summed E-state index contributed by atoms with van der Waals surface area (Å²) in [5.74, 6) is 0.776. The van der Waals surface area contributed by atoms with Crippen molar-refractivity contribution in [1.82, 2.24) is 19.9 Å². The molecule has 0 unspecified atom stereocenters. The van der Waals surface area contributed by atoms with E-state index < -0.39 is 0 Å². The van der Waals surface area contributed by atoms with Gasteiger partial charge in [0.05, 0.1) is 0 Å². The van der Waals surface area contributed by atoms with Crippen LogP contribution in [0, 0.1) is 13.8 Å². The van der Waals surface area contributed by atoms with E-state index in [2.05, 4.69) is 52.0 Å². The predicted molar refractivity (Wildman–Crippen MR) is 77.6 cm³/mol. The van der Waals surface area contributed by atoms with Crippen LogP contribution in [-0.2, 0) is 6.42 Å². The van der Waals surface area contributed by atoms with Crippen molar-refractivity contribution in [2.45, 2.75) is 20.3 Å². The fourth-order valence-corrected chi connectivity index (χ4v) is 2.16. The van der Waals surface area contributed by atoms with Gasteiger partial charge in [-0.2, -0.15) is 4.98 Å². The summed E-state index contributed by atoms with van der Waals surface area (Å²) in [6.07, 6.45) is 0.622. The number of rotatable bonds is 2. The summed E-state index contributed by atoms with van der Waals surface area (Å²) in [5.41, 5.74) is 9.54. The Morgan fingerprint density at radius 3 is 2.70 bits per heavy atom. The Bertz CT molecular complexity index is 846. The average Bonchev–Trinajstić information content (AvgIpc) is 2.76. The Morgan fingerprint density at radius 2 is 1.95 bits per heavy atom. The van der Waals surface area contributed by atoms with Gasteiger partial charge in [-0.25, -0.2) is 4.98 Å². The molecular weight excluding hydrogens is 254 g/mol. The van der Waals surface area contributed by atoms with E-state index in [0.717, 1.165) is 5.56 Å². The third kappa shape index (κ3) is 2.16. The second-order valence-electron chi connectivity index (χ2n) is 4.93. The van der Waals surface area contributed by atoms with E-state index in [1.54, 1.807) is 0 Å². The summed E-state index contributed by atoms with van der Waals surface area (Å²) in [6, 6.07) is 6.26. The zero-order valence-electron chi connectivity index (χ0n) is 11.3. The van der Waals surface area contributed by atoms with E-state index >= 15 is 0 Å². The van der Waals surface area contributed by atoms with Crippen LogP contribution in [0.5, 0.6) is 0 Å². The van der Waals surface area contributed by atoms with Gasteiger partial charge in [0.15, 0.2) is 11.2 Å². The molecular formula is C14H15N5O. The van der Waals surface area contributed by atoms with Crippen molar-refractivity contribution in [1.29, 1.82) is 0 Å². The lowest BCUT2D eigenvalue weighted by Gasteiger charge is -2.03. The third-order valence-corrected chi connectivity index (χ3v) is 3.37. The number of aryl methyl sites for hydroxylation is 2. The van der Waals surface area contributed by atoms with Crippen molar-refractivity contribution in [3.63, 3.8) is 0 Å². The summed E-state index contributed by atoms with van der Waals surface area (Å²) < 4.78 is 0. The van der Waals surface area contributed by atoms with Crippen molar-refractivity contribution in [2.24, 2.45) is 0 Å². The summed E-state index contributed by atoms with van der Waals surface area (Å²) in [5, 5.41) is 0. The van der Waals surface area contributed by atoms with Gasteiger partial charge in [-0.05, 0) is 30.5 Å². The van der Waals surface area contributed by atoms with Gasteiger partial charge in [0.25, 0.3) is 5.56 Å². The molecule has 4 N–H and O–H groups in total. The van der Waals surface area contributed by atoms with Crippen LogP contribution in [-0.4, -0.2) is 19.9 Å². The Hall–Kier alpha value is -2.63. The Labute approximate surface area is 115 Å². The largest absolute Gasteiger partial charge is 0.369 e. The number of aromatic nitrogens is 4. The minimum atomic E-state index is -0.300. The van der Waals surface area contributed by atoms with Crippen molar-refractivity contribution in [3.8, 4) is 0 Å². The Kier molecular flexibility index (Phi) is 2.78. The fourth-order valence-electron chi connectivity index (χ4n) is 2.16. The molecule has 0 aliphatic carbocycles. The highest BCUT2D eigenvalue weighted by Crippen LogP contribution is 2.14. The number of nitrogens with two attached hydrogens (primary N) is 1. The highest BCUT2D eigenvalue weighted by molar-refractivity contribution is 5.70. The molecule has 3 aromatic rings. The van der Waals surface area contributed by atoms with E-state index in [1.165, 1.54) is 11.1 Å². The van der Waals surface area contributed by atoms with Crippen molar-refractivity contribution in [3.05, 3.63) is 51.1 Å². The number of hydrogen-bond donors (Lipinski definition) is 3. The maximum Gasteiger partial charge on any atom is 0.278 e. The molecule has 0 aliphatic heterocycles. The van der Waals surface area contributed by atoms with Crippen LogP contribution in [0.25, 0.3) is 11.2 Å². The molecule has 0 spiro atoms. The average molecular weight is 269 g/mol. The summed E-state index contributed by atoms with van der Waals surface area (Å²) in [7, 11) is 0. The number of imidazole rings is 1. The minimum Gasteiger partial charge on any atom is -0.369 e. The molecule has 0 fully saturated rings. The number of benzene rings is 1. The molecule has 0 aliphatic rings. The molecule has 1 aromatic carbocycles. The van der Waals surface area contributed by atoms with Gasteiger partial charge in [-0.3, -0.25) is 9.78 Å². The Balaban J connectivity index is 2.00. The minimum absolute atomic E-state index is 0.0757. The van der Waals surface area contributed by atoms with Crippen LogP contribution < -0.4 is 11.3 Å². The number of nitrogens with zero attached hydrogens (tertiary/aromatic N) is 2. The second-order valence-corrected chi connectivity index (χ2v) is 4.93. The van der Waals surface area contributed by atoms with Gasteiger partial charge < -0.3 is 10.7 Å². The zero-order valence-corrected chi connectivity index (χ0v) is 11.3. The maximum atomic E-state index is 11.7. The van der Waals surface area contributed by atoms with Gasteiger partial charge in [0.2, 0.25) is 5.95 Å². The first-order valence-electron chi connectivity index (χ1n) is 6.33. The number of H-pyrrole nitrogens is 2. The smallest absolute Gasteiger partial charge is 0.278 e. The normalized spacial score (nSPS) is 11.1. The van der Waals surface area contributed by atoms with Gasteiger partial charge in [-0.1, -0.05) is 18.2 Å². The molecule has 2 aromatic heterocycles. The SMILES string of the molecule is Cc1ccc(Cc2nc3nc(N)[nH]c(=O)c3[nH]2)cc1C. The van der Waals surface area contributed by atoms with Crippen molar-refractivity contribution >= 4 is 17.1 Å². The van der Waals surface area contributed by atoms with Crippen LogP contribution in [0.1, 0.15) is 22.5 Å². The number of aromatic amines is 2. The van der Waals surface area contributed by atoms with Crippen LogP contribution >= 0.6 is 0 Å². The highest BCUT2D eigenvalue weighted by atomic mass is 16.1. The number of nitrogen functional groups attached to an aromatic ring is 1. The van der Waals surface area contributed by atoms with Crippen molar-refractivity contribution < 1.29 is 0 Å². The van der Waals surface area contributed by atoms with Crippen LogP contribution in [0.2, 0.25) is 0 Å². The highest BCUT2D eigenvalue weighted by Gasteiger charge is 2.09. The number of hydrogen-bond acceptors (Lipinski definition) is 4. The van der Waals surface area contributed by atoms with Gasteiger partial charge in [0.1, 0.15) is 5.82 Å². The number of anilines is 1. The summed E-state index contributed by atoms with van der Waals surface area (Å²) in [4.78, 5) is 25.5. The standard InChI is InChI=1S/C14H15N5O/c1-7-3-4-9(5-8(7)2)6-10-16-11-12(17-10)18-14(15)19-13(11)20/h3-5H,6H2,1-2H3,(H4,15,16,17,18,19,20).